The van der Waals surface area contributed by atoms with Crippen LogP contribution >= 0.6 is 0 Å². The van der Waals surface area contributed by atoms with Crippen LogP contribution in [0.15, 0.2) is 24.3 Å². The number of hydrogen-bond acceptors (Lipinski definition) is 1. The largest absolute Gasteiger partial charge is 0.305 e. The van der Waals surface area contributed by atoms with Crippen LogP contribution in [-0.2, 0) is 6.42 Å². The van der Waals surface area contributed by atoms with Crippen LogP contribution in [0.5, 0.6) is 0 Å². The van der Waals surface area contributed by atoms with Crippen LogP contribution in [0.4, 0.5) is 8.78 Å². The van der Waals surface area contributed by atoms with Gasteiger partial charge in [-0.2, -0.15) is 0 Å². The van der Waals surface area contributed by atoms with E-state index in [1.807, 2.05) is 19.1 Å². The quantitative estimate of drug-likeness (QED) is 0.783. The highest BCUT2D eigenvalue weighted by molar-refractivity contribution is 5.24. The minimum atomic E-state index is -2.29. The maximum atomic E-state index is 12.1. The van der Waals surface area contributed by atoms with Gasteiger partial charge in [-0.3, -0.25) is 0 Å². The average Bonchev–Trinajstić information content (AvgIpc) is 2.30. The van der Waals surface area contributed by atoms with Crippen LogP contribution < -0.4 is 5.32 Å². The normalized spacial score (nSPS) is 13.1. The molecule has 3 heteroatoms. The number of halogens is 2. The highest BCUT2D eigenvalue weighted by Crippen LogP contribution is 2.17. The van der Waals surface area contributed by atoms with Crippen molar-refractivity contribution in [2.45, 2.75) is 39.2 Å². The van der Waals surface area contributed by atoms with Gasteiger partial charge in [0.1, 0.15) is 0 Å². The van der Waals surface area contributed by atoms with Crippen LogP contribution in [0.3, 0.4) is 0 Å². The summed E-state index contributed by atoms with van der Waals surface area (Å²) in [5.74, 6) is 0. The Hall–Kier alpha value is -0.960. The van der Waals surface area contributed by atoms with Gasteiger partial charge < -0.3 is 5.32 Å². The molecule has 0 aliphatic rings. The van der Waals surface area contributed by atoms with E-state index in [0.717, 1.165) is 18.4 Å². The molecule has 0 radical (unpaired) electrons. The standard InChI is InChI=1S/C13H19F2N/c1-3-10-5-7-11(8-6-10)12(4-2)16-9-13(14)15/h5-8,12-13,16H,3-4,9H2,1-2H3. The Morgan fingerprint density at radius 2 is 1.75 bits per heavy atom. The molecule has 0 saturated carbocycles. The van der Waals surface area contributed by atoms with Crippen molar-refractivity contribution in [3.63, 3.8) is 0 Å². The Morgan fingerprint density at radius 3 is 2.19 bits per heavy atom. The van der Waals surface area contributed by atoms with E-state index < -0.39 is 6.43 Å². The summed E-state index contributed by atoms with van der Waals surface area (Å²) >= 11 is 0. The Kier molecular flexibility index (Phi) is 5.39. The Balaban J connectivity index is 2.63. The number of benzene rings is 1. The highest BCUT2D eigenvalue weighted by Gasteiger charge is 2.11. The first kappa shape index (κ1) is 13.1. The number of aryl methyl sites for hydroxylation is 1. The molecule has 0 spiro atoms. The number of rotatable bonds is 6. The van der Waals surface area contributed by atoms with Crippen LogP contribution in [0.1, 0.15) is 37.4 Å². The minimum Gasteiger partial charge on any atom is -0.305 e. The second kappa shape index (κ2) is 6.59. The topological polar surface area (TPSA) is 12.0 Å². The lowest BCUT2D eigenvalue weighted by atomic mass is 10.0. The molecule has 1 nitrogen and oxygen atoms in total. The third-order valence-corrected chi connectivity index (χ3v) is 2.72. The van der Waals surface area contributed by atoms with Gasteiger partial charge >= 0.3 is 0 Å². The van der Waals surface area contributed by atoms with E-state index in [-0.39, 0.29) is 12.6 Å². The summed E-state index contributed by atoms with van der Waals surface area (Å²) in [6.45, 7) is 3.85. The smallest absolute Gasteiger partial charge is 0.250 e. The minimum absolute atomic E-state index is 0.0277. The predicted octanol–water partition coefficient (Wildman–Crippen LogP) is 3.55. The first-order valence-electron chi connectivity index (χ1n) is 5.77. The second-order valence-electron chi connectivity index (χ2n) is 3.86. The average molecular weight is 227 g/mol. The van der Waals surface area contributed by atoms with Gasteiger partial charge in [0.15, 0.2) is 0 Å². The van der Waals surface area contributed by atoms with E-state index in [2.05, 4.69) is 24.4 Å². The molecule has 0 aliphatic carbocycles. The molecule has 0 saturated heterocycles. The van der Waals surface area contributed by atoms with Gasteiger partial charge in [0.2, 0.25) is 0 Å². The third-order valence-electron chi connectivity index (χ3n) is 2.72. The van der Waals surface area contributed by atoms with E-state index >= 15 is 0 Å². The van der Waals surface area contributed by atoms with Crippen molar-refractivity contribution in [3.05, 3.63) is 35.4 Å². The van der Waals surface area contributed by atoms with Gasteiger partial charge in [0.25, 0.3) is 6.43 Å². The van der Waals surface area contributed by atoms with Crippen molar-refractivity contribution in [1.82, 2.24) is 5.32 Å². The van der Waals surface area contributed by atoms with Gasteiger partial charge in [-0.15, -0.1) is 0 Å². The second-order valence-corrected chi connectivity index (χ2v) is 3.86. The predicted molar refractivity (Wildman–Crippen MR) is 62.9 cm³/mol. The summed E-state index contributed by atoms with van der Waals surface area (Å²) in [5.41, 5.74) is 2.35. The van der Waals surface area contributed by atoms with Crippen molar-refractivity contribution in [2.75, 3.05) is 6.54 Å². The molecule has 1 N–H and O–H groups in total. The van der Waals surface area contributed by atoms with E-state index in [0.29, 0.717) is 0 Å². The number of alkyl halides is 2. The first-order chi connectivity index (χ1) is 7.67. The van der Waals surface area contributed by atoms with E-state index in [1.54, 1.807) is 0 Å². The molecule has 1 rings (SSSR count). The maximum absolute atomic E-state index is 12.1. The molecule has 0 aliphatic heterocycles. The van der Waals surface area contributed by atoms with Gasteiger partial charge in [0.05, 0.1) is 6.54 Å². The van der Waals surface area contributed by atoms with Crippen LogP contribution in [0.2, 0.25) is 0 Å². The van der Waals surface area contributed by atoms with Gasteiger partial charge in [-0.1, -0.05) is 38.1 Å². The lowest BCUT2D eigenvalue weighted by Crippen LogP contribution is -2.26. The van der Waals surface area contributed by atoms with Gasteiger partial charge in [0, 0.05) is 6.04 Å². The molecular formula is C13H19F2N. The van der Waals surface area contributed by atoms with Crippen LogP contribution in [0, 0.1) is 0 Å². The van der Waals surface area contributed by atoms with Gasteiger partial charge in [-0.25, -0.2) is 8.78 Å². The lowest BCUT2D eigenvalue weighted by molar-refractivity contribution is 0.141. The third kappa shape index (κ3) is 3.89. The fraction of sp³-hybridized carbons (Fsp3) is 0.538. The Bertz CT molecular complexity index is 295. The molecule has 0 amide bonds. The van der Waals surface area contributed by atoms with E-state index in [4.69, 9.17) is 0 Å². The number of hydrogen-bond donors (Lipinski definition) is 1. The Morgan fingerprint density at radius 1 is 1.12 bits per heavy atom. The van der Waals surface area contributed by atoms with Crippen molar-refractivity contribution in [2.24, 2.45) is 0 Å². The Labute approximate surface area is 95.9 Å². The van der Waals surface area contributed by atoms with Crippen molar-refractivity contribution in [3.8, 4) is 0 Å². The summed E-state index contributed by atoms with van der Waals surface area (Å²) in [6.07, 6.45) is -0.469. The zero-order chi connectivity index (χ0) is 12.0. The summed E-state index contributed by atoms with van der Waals surface area (Å²) < 4.78 is 24.2. The highest BCUT2D eigenvalue weighted by atomic mass is 19.3. The fourth-order valence-electron chi connectivity index (χ4n) is 1.71. The molecule has 0 heterocycles. The summed E-state index contributed by atoms with van der Waals surface area (Å²) in [7, 11) is 0. The zero-order valence-electron chi connectivity index (χ0n) is 9.84. The van der Waals surface area contributed by atoms with Crippen molar-refractivity contribution in [1.29, 1.82) is 0 Å². The molecule has 0 bridgehead atoms. The molecule has 1 aromatic rings. The molecule has 1 unspecified atom stereocenters. The van der Waals surface area contributed by atoms with E-state index in [1.165, 1.54) is 5.56 Å². The van der Waals surface area contributed by atoms with E-state index in [9.17, 15) is 8.78 Å². The molecule has 1 atom stereocenters. The molecule has 1 aromatic carbocycles. The summed E-state index contributed by atoms with van der Waals surface area (Å²) in [5, 5.41) is 2.87. The monoisotopic (exact) mass is 227 g/mol. The molecule has 90 valence electrons. The van der Waals surface area contributed by atoms with Crippen molar-refractivity contribution < 1.29 is 8.78 Å². The maximum Gasteiger partial charge on any atom is 0.250 e. The van der Waals surface area contributed by atoms with Crippen LogP contribution in [0.25, 0.3) is 0 Å². The molecule has 0 fully saturated rings. The van der Waals surface area contributed by atoms with Gasteiger partial charge in [-0.05, 0) is 24.0 Å². The number of nitrogens with one attached hydrogen (secondary N) is 1. The molecule has 0 aromatic heterocycles. The zero-order valence-corrected chi connectivity index (χ0v) is 9.84. The SMILES string of the molecule is CCc1ccc(C(CC)NCC(F)F)cc1. The molecule has 16 heavy (non-hydrogen) atoms. The fourth-order valence-corrected chi connectivity index (χ4v) is 1.71. The summed E-state index contributed by atoms with van der Waals surface area (Å²) in [6, 6.07) is 8.18. The first-order valence-corrected chi connectivity index (χ1v) is 5.77. The van der Waals surface area contributed by atoms with Crippen LogP contribution in [-0.4, -0.2) is 13.0 Å². The lowest BCUT2D eigenvalue weighted by Gasteiger charge is -2.17. The van der Waals surface area contributed by atoms with Crippen molar-refractivity contribution >= 4 is 0 Å². The summed E-state index contributed by atoms with van der Waals surface area (Å²) in [4.78, 5) is 0. The molecular weight excluding hydrogens is 208 g/mol.